The first kappa shape index (κ1) is 31.9. The van der Waals surface area contributed by atoms with Gasteiger partial charge < -0.3 is 4.74 Å². The highest BCUT2D eigenvalue weighted by atomic mass is 32.2. The third-order valence-corrected chi connectivity index (χ3v) is 9.64. The van der Waals surface area contributed by atoms with E-state index in [-0.39, 0.29) is 40.8 Å². The lowest BCUT2D eigenvalue weighted by atomic mass is 9.90. The fourth-order valence-electron chi connectivity index (χ4n) is 5.58. The Morgan fingerprint density at radius 2 is 1.66 bits per heavy atom. The lowest BCUT2D eigenvalue weighted by Gasteiger charge is -2.18. The van der Waals surface area contributed by atoms with Crippen LogP contribution in [0.2, 0.25) is 0 Å². The van der Waals surface area contributed by atoms with Crippen LogP contribution >= 0.6 is 0 Å². The smallest absolute Gasteiger partial charge is 0.250 e. The van der Waals surface area contributed by atoms with Crippen LogP contribution in [-0.2, 0) is 29.9 Å². The van der Waals surface area contributed by atoms with Gasteiger partial charge in [-0.05, 0) is 79.1 Å². The first-order valence-corrected chi connectivity index (χ1v) is 16.9. The van der Waals surface area contributed by atoms with Crippen LogP contribution in [0, 0.1) is 18.6 Å². The average molecular weight is 654 g/mol. The van der Waals surface area contributed by atoms with E-state index in [0.717, 1.165) is 22.0 Å². The van der Waals surface area contributed by atoms with Gasteiger partial charge in [0.25, 0.3) is 5.88 Å². The minimum atomic E-state index is -3.92. The van der Waals surface area contributed by atoms with Gasteiger partial charge in [0.05, 0.1) is 23.2 Å². The highest BCUT2D eigenvalue weighted by Crippen LogP contribution is 2.29. The van der Waals surface area contributed by atoms with Crippen LogP contribution in [-0.4, -0.2) is 38.9 Å². The molecule has 0 aliphatic heterocycles. The molecule has 6 aromatic rings. The predicted molar refractivity (Wildman–Crippen MR) is 176 cm³/mol. The Hall–Kier alpha value is -5.03. The van der Waals surface area contributed by atoms with Crippen LogP contribution < -0.4 is 4.74 Å². The van der Waals surface area contributed by atoms with Gasteiger partial charge in [0.15, 0.2) is 5.82 Å². The van der Waals surface area contributed by atoms with E-state index in [9.17, 15) is 12.8 Å². The zero-order chi connectivity index (χ0) is 33.0. The normalized spacial score (nSPS) is 12.3. The maximum absolute atomic E-state index is 15.1. The number of nitrogens with zero attached hydrogens (tertiary/aromatic N) is 5. The molecule has 0 N–H and O–H groups in total. The molecule has 47 heavy (non-hydrogen) atoms. The molecule has 8 nitrogen and oxygen atoms in total. The number of halogens is 2. The van der Waals surface area contributed by atoms with Gasteiger partial charge >= 0.3 is 0 Å². The summed E-state index contributed by atoms with van der Waals surface area (Å²) in [5, 5.41) is 4.84. The molecule has 0 radical (unpaired) electrons. The summed E-state index contributed by atoms with van der Waals surface area (Å²) in [6.07, 6.45) is 4.48. The van der Waals surface area contributed by atoms with Crippen molar-refractivity contribution in [2.45, 2.75) is 43.9 Å². The summed E-state index contributed by atoms with van der Waals surface area (Å²) in [6.45, 7) is 1.76. The monoisotopic (exact) mass is 653 g/mol. The summed E-state index contributed by atoms with van der Waals surface area (Å²) in [4.78, 5) is 12.7. The Bertz CT molecular complexity index is 2140. The molecule has 0 spiro atoms. The van der Waals surface area contributed by atoms with Crippen molar-refractivity contribution in [3.63, 3.8) is 0 Å². The fraction of sp³-hybridized carbons (Fsp3) is 0.222. The Balaban J connectivity index is 1.16. The molecule has 6 rings (SSSR count). The SMILES string of the molecule is Cc1cc(-c2cnc(OCc3ccc4c(cnn4C)c3)c(F)c2)nc(S(=O)(=O)CCC(CCc2ccccc2F)c2ccccc2)n1. The topological polar surface area (TPSA) is 99.9 Å². The number of fused-ring (bicyclic) bond motifs is 1. The Kier molecular flexibility index (Phi) is 9.35. The van der Waals surface area contributed by atoms with E-state index < -0.39 is 15.7 Å². The van der Waals surface area contributed by atoms with Crippen molar-refractivity contribution >= 4 is 20.7 Å². The third-order valence-electron chi connectivity index (χ3n) is 8.13. The lowest BCUT2D eigenvalue weighted by Crippen LogP contribution is -2.15. The number of ether oxygens (including phenoxy) is 1. The van der Waals surface area contributed by atoms with E-state index in [1.54, 1.807) is 42.1 Å². The van der Waals surface area contributed by atoms with Crippen LogP contribution in [0.5, 0.6) is 5.88 Å². The summed E-state index contributed by atoms with van der Waals surface area (Å²) in [5.41, 5.74) is 4.31. The number of hydrogen-bond acceptors (Lipinski definition) is 7. The maximum atomic E-state index is 15.1. The highest BCUT2D eigenvalue weighted by Gasteiger charge is 2.24. The minimum Gasteiger partial charge on any atom is -0.471 e. The molecule has 1 atom stereocenters. The standard InChI is InChI=1S/C36H33F2N5O3S/c1-24-18-33(29-20-32(38)35(39-21-29)46-23-25-12-15-34-30(19-25)22-40-43(34)2)42-36(41-24)47(44,45)17-16-27(26-8-4-3-5-9-26)13-14-28-10-6-7-11-31(28)37/h3-12,15,18-22,27H,13-14,16-17,23H2,1-2H3. The van der Waals surface area contributed by atoms with E-state index in [2.05, 4.69) is 20.1 Å². The summed E-state index contributed by atoms with van der Waals surface area (Å²) in [7, 11) is -2.06. The van der Waals surface area contributed by atoms with Crippen LogP contribution in [0.4, 0.5) is 8.78 Å². The number of benzene rings is 3. The molecule has 3 aromatic carbocycles. The molecular weight excluding hydrogens is 620 g/mol. The van der Waals surface area contributed by atoms with Gasteiger partial charge in [-0.1, -0.05) is 54.6 Å². The van der Waals surface area contributed by atoms with Gasteiger partial charge in [0, 0.05) is 29.9 Å². The van der Waals surface area contributed by atoms with E-state index in [1.807, 2.05) is 55.6 Å². The Labute approximate surface area is 272 Å². The van der Waals surface area contributed by atoms with Gasteiger partial charge in [-0.2, -0.15) is 5.10 Å². The predicted octanol–water partition coefficient (Wildman–Crippen LogP) is 7.17. The molecule has 0 amide bonds. The van der Waals surface area contributed by atoms with Gasteiger partial charge in [-0.25, -0.2) is 32.2 Å². The Morgan fingerprint density at radius 1 is 0.872 bits per heavy atom. The molecule has 0 fully saturated rings. The highest BCUT2D eigenvalue weighted by molar-refractivity contribution is 7.91. The molecule has 3 aromatic heterocycles. The summed E-state index contributed by atoms with van der Waals surface area (Å²) in [6, 6.07) is 24.8. The Morgan fingerprint density at radius 3 is 2.45 bits per heavy atom. The number of aromatic nitrogens is 5. The maximum Gasteiger partial charge on any atom is 0.250 e. The van der Waals surface area contributed by atoms with Crippen molar-refractivity contribution in [3.05, 3.63) is 131 Å². The molecular formula is C36H33F2N5O3S. The number of sulfone groups is 1. The largest absolute Gasteiger partial charge is 0.471 e. The van der Waals surface area contributed by atoms with E-state index in [4.69, 9.17) is 4.74 Å². The molecule has 11 heteroatoms. The minimum absolute atomic E-state index is 0.105. The summed E-state index contributed by atoms with van der Waals surface area (Å²) >= 11 is 0. The molecule has 0 saturated carbocycles. The third kappa shape index (κ3) is 7.52. The first-order valence-electron chi connectivity index (χ1n) is 15.2. The van der Waals surface area contributed by atoms with Crippen LogP contribution in [0.3, 0.4) is 0 Å². The molecule has 0 aliphatic carbocycles. The molecule has 1 unspecified atom stereocenters. The molecule has 3 heterocycles. The number of rotatable bonds is 12. The summed E-state index contributed by atoms with van der Waals surface area (Å²) in [5.74, 6) is -1.50. The number of hydrogen-bond donors (Lipinski definition) is 0. The van der Waals surface area contributed by atoms with Gasteiger partial charge in [0.2, 0.25) is 15.0 Å². The van der Waals surface area contributed by atoms with Crippen LogP contribution in [0.25, 0.3) is 22.2 Å². The molecule has 0 saturated heterocycles. The molecule has 0 aliphatic rings. The van der Waals surface area contributed by atoms with Crippen molar-refractivity contribution in [1.82, 2.24) is 24.7 Å². The molecule has 0 bridgehead atoms. The number of pyridine rings is 1. The van der Waals surface area contributed by atoms with E-state index >= 15 is 4.39 Å². The van der Waals surface area contributed by atoms with E-state index in [0.29, 0.717) is 36.1 Å². The average Bonchev–Trinajstić information content (AvgIpc) is 3.44. The van der Waals surface area contributed by atoms with Crippen molar-refractivity contribution < 1.29 is 21.9 Å². The van der Waals surface area contributed by atoms with Gasteiger partial charge in [0.1, 0.15) is 12.4 Å². The zero-order valence-electron chi connectivity index (χ0n) is 26.0. The fourth-order valence-corrected chi connectivity index (χ4v) is 6.87. The van der Waals surface area contributed by atoms with Gasteiger partial charge in [-0.15, -0.1) is 0 Å². The van der Waals surface area contributed by atoms with Crippen molar-refractivity contribution in [2.75, 3.05) is 5.75 Å². The second-order valence-electron chi connectivity index (χ2n) is 11.5. The number of aryl methyl sites for hydroxylation is 3. The van der Waals surface area contributed by atoms with Crippen LogP contribution in [0.1, 0.15) is 41.1 Å². The quantitative estimate of drug-likeness (QED) is 0.129. The second-order valence-corrected chi connectivity index (χ2v) is 13.5. The zero-order valence-corrected chi connectivity index (χ0v) is 26.8. The summed E-state index contributed by atoms with van der Waals surface area (Å²) < 4.78 is 64.0. The van der Waals surface area contributed by atoms with Crippen molar-refractivity contribution in [1.29, 1.82) is 0 Å². The van der Waals surface area contributed by atoms with Crippen molar-refractivity contribution in [2.24, 2.45) is 7.05 Å². The molecule has 240 valence electrons. The van der Waals surface area contributed by atoms with E-state index in [1.165, 1.54) is 18.3 Å². The van der Waals surface area contributed by atoms with Crippen molar-refractivity contribution in [3.8, 4) is 17.1 Å². The first-order chi connectivity index (χ1) is 22.7. The van der Waals surface area contributed by atoms with Crippen LogP contribution in [0.15, 0.2) is 102 Å². The second kappa shape index (κ2) is 13.8. The lowest BCUT2D eigenvalue weighted by molar-refractivity contribution is 0.277. The van der Waals surface area contributed by atoms with Gasteiger partial charge in [-0.3, -0.25) is 4.68 Å².